The summed E-state index contributed by atoms with van der Waals surface area (Å²) in [5, 5.41) is 8.58. The lowest BCUT2D eigenvalue weighted by atomic mass is 9.99. The Morgan fingerprint density at radius 3 is 1.80 bits per heavy atom. The third-order valence-electron chi connectivity index (χ3n) is 5.64. The number of ether oxygens (including phenoxy) is 3. The van der Waals surface area contributed by atoms with Crippen LogP contribution in [0.15, 0.2) is 36.4 Å². The van der Waals surface area contributed by atoms with Crippen molar-refractivity contribution in [3.8, 4) is 22.9 Å². The van der Waals surface area contributed by atoms with Gasteiger partial charge in [0, 0.05) is 29.2 Å². The van der Waals surface area contributed by atoms with Crippen LogP contribution in [0.5, 0.6) is 5.75 Å². The predicted molar refractivity (Wildman–Crippen MR) is 127 cm³/mol. The van der Waals surface area contributed by atoms with E-state index in [0.717, 1.165) is 12.1 Å². The molecule has 1 heterocycles. The molecule has 0 saturated carbocycles. The smallest absolute Gasteiger partial charge is 0.429 e. The van der Waals surface area contributed by atoms with Gasteiger partial charge in [-0.05, 0) is 29.8 Å². The fourth-order valence-corrected chi connectivity index (χ4v) is 3.88. The predicted octanol–water partition coefficient (Wildman–Crippen LogP) is 8.09. The van der Waals surface area contributed by atoms with E-state index in [1.54, 1.807) is 0 Å². The molecule has 0 N–H and O–H groups in total. The molecule has 4 nitrogen and oxygen atoms in total. The molecule has 1 fully saturated rings. The molecule has 0 amide bonds. The minimum absolute atomic E-state index is 0.0339. The van der Waals surface area contributed by atoms with Gasteiger partial charge in [0.05, 0.1) is 31.3 Å². The van der Waals surface area contributed by atoms with Crippen molar-refractivity contribution in [2.24, 2.45) is 5.92 Å². The van der Waals surface area contributed by atoms with Crippen LogP contribution in [0.2, 0.25) is 0 Å². The second-order valence-corrected chi connectivity index (χ2v) is 8.60. The molecule has 4 rings (SSSR count). The summed E-state index contributed by atoms with van der Waals surface area (Å²) in [4.78, 5) is 0. The van der Waals surface area contributed by atoms with Gasteiger partial charge < -0.3 is 14.2 Å². The van der Waals surface area contributed by atoms with Crippen LogP contribution < -0.4 is 4.74 Å². The third kappa shape index (κ3) is 6.54. The first-order valence-electron chi connectivity index (χ1n) is 12.0. The molecule has 0 spiro atoms. The summed E-state index contributed by atoms with van der Waals surface area (Å²) < 4.78 is 131. The molecule has 0 atom stereocenters. The zero-order chi connectivity index (χ0) is 29.8. The number of rotatable bonds is 6. The summed E-state index contributed by atoms with van der Waals surface area (Å²) >= 11 is 0. The molecule has 3 aromatic rings. The number of hydrogen-bond acceptors (Lipinski definition) is 4. The van der Waals surface area contributed by atoms with Gasteiger partial charge >= 0.3 is 6.11 Å². The maximum atomic E-state index is 14.8. The molecule has 1 aliphatic rings. The van der Waals surface area contributed by atoms with Crippen LogP contribution in [0, 0.1) is 52.2 Å². The summed E-state index contributed by atoms with van der Waals surface area (Å²) in [5.41, 5.74) is -4.34. The first-order valence-corrected chi connectivity index (χ1v) is 12.0. The first-order chi connectivity index (χ1) is 18.9. The highest BCUT2D eigenvalue weighted by Crippen LogP contribution is 2.39. The Hall–Kier alpha value is -3.69. The standard InChI is InChI=1S/C26H17F8NO3.C2H6/c1-12-10-36-25(37-11-12)14-6-19(29)23(20(30)7-14)13-4-21(31)24(22(32)5-13)26(33,34)38-15-8-17(27)16(2-3-35)18(28)9-15;1-2/h4-9,12,25H,2,10-11H2,1H3;1-2H3. The lowest BCUT2D eigenvalue weighted by Gasteiger charge is -2.27. The average molecular weight is 573 g/mol. The van der Waals surface area contributed by atoms with Crippen molar-refractivity contribution < 1.29 is 49.3 Å². The molecule has 0 unspecified atom stereocenters. The highest BCUT2D eigenvalue weighted by molar-refractivity contribution is 5.66. The zero-order valence-electron chi connectivity index (χ0n) is 21.4. The Balaban J connectivity index is 0.00000216. The average Bonchev–Trinajstić information content (AvgIpc) is 2.86. The van der Waals surface area contributed by atoms with E-state index in [1.165, 1.54) is 6.07 Å². The normalized spacial score (nSPS) is 17.1. The van der Waals surface area contributed by atoms with Gasteiger partial charge in [-0.2, -0.15) is 14.0 Å². The van der Waals surface area contributed by atoms with Crippen molar-refractivity contribution in [1.82, 2.24) is 0 Å². The molecular formula is C28H23F8NO3. The molecule has 1 saturated heterocycles. The maximum Gasteiger partial charge on any atom is 0.432 e. The molecule has 0 radical (unpaired) electrons. The summed E-state index contributed by atoms with van der Waals surface area (Å²) in [6, 6.07) is 4.33. The van der Waals surface area contributed by atoms with Crippen LogP contribution in [0.25, 0.3) is 11.1 Å². The summed E-state index contributed by atoms with van der Waals surface area (Å²) in [5.74, 6) is -10.2. The van der Waals surface area contributed by atoms with Crippen LogP contribution in [-0.4, -0.2) is 13.2 Å². The van der Waals surface area contributed by atoms with E-state index in [0.29, 0.717) is 12.1 Å². The Labute approximate surface area is 224 Å². The highest BCUT2D eigenvalue weighted by Gasteiger charge is 2.42. The number of hydrogen-bond donors (Lipinski definition) is 0. The van der Waals surface area contributed by atoms with Crippen molar-refractivity contribution in [2.75, 3.05) is 13.2 Å². The zero-order valence-corrected chi connectivity index (χ0v) is 21.4. The van der Waals surface area contributed by atoms with Crippen LogP contribution >= 0.6 is 0 Å². The summed E-state index contributed by atoms with van der Waals surface area (Å²) in [6.45, 7) is 6.38. The van der Waals surface area contributed by atoms with Gasteiger partial charge in [-0.15, -0.1) is 0 Å². The van der Waals surface area contributed by atoms with Gasteiger partial charge in [0.25, 0.3) is 0 Å². The van der Waals surface area contributed by atoms with Crippen molar-refractivity contribution in [3.63, 3.8) is 0 Å². The molecule has 12 heteroatoms. The minimum Gasteiger partial charge on any atom is -0.429 e. The van der Waals surface area contributed by atoms with Crippen LogP contribution in [0.3, 0.4) is 0 Å². The molecule has 0 bridgehead atoms. The second kappa shape index (κ2) is 12.7. The van der Waals surface area contributed by atoms with Crippen molar-refractivity contribution in [3.05, 3.63) is 88.0 Å². The Kier molecular flexibility index (Phi) is 9.76. The van der Waals surface area contributed by atoms with Gasteiger partial charge in [-0.25, -0.2) is 26.3 Å². The van der Waals surface area contributed by atoms with Crippen molar-refractivity contribution >= 4 is 0 Å². The van der Waals surface area contributed by atoms with Crippen molar-refractivity contribution in [1.29, 1.82) is 5.26 Å². The van der Waals surface area contributed by atoms with Gasteiger partial charge in [0.2, 0.25) is 0 Å². The van der Waals surface area contributed by atoms with E-state index in [4.69, 9.17) is 14.7 Å². The lowest BCUT2D eigenvalue weighted by molar-refractivity contribution is -0.202. The number of benzene rings is 3. The summed E-state index contributed by atoms with van der Waals surface area (Å²) in [6.07, 6.45) is -6.57. The van der Waals surface area contributed by atoms with Gasteiger partial charge in [-0.1, -0.05) is 20.8 Å². The first kappa shape index (κ1) is 30.8. The minimum atomic E-state index is -4.80. The van der Waals surface area contributed by atoms with E-state index < -0.39 is 81.7 Å². The molecule has 1 aliphatic heterocycles. The van der Waals surface area contributed by atoms with E-state index >= 15 is 0 Å². The monoisotopic (exact) mass is 573 g/mol. The highest BCUT2D eigenvalue weighted by atomic mass is 19.3. The number of halogens is 8. The number of nitrogens with zero attached hydrogens (tertiary/aromatic N) is 1. The quantitative estimate of drug-likeness (QED) is 0.280. The van der Waals surface area contributed by atoms with Crippen LogP contribution in [0.1, 0.15) is 43.8 Å². The van der Waals surface area contributed by atoms with Gasteiger partial charge in [0.15, 0.2) is 6.29 Å². The number of alkyl halides is 2. The lowest BCUT2D eigenvalue weighted by Crippen LogP contribution is -2.25. The molecule has 0 aromatic heterocycles. The topological polar surface area (TPSA) is 51.5 Å². The second-order valence-electron chi connectivity index (χ2n) is 8.60. The van der Waals surface area contributed by atoms with Crippen molar-refractivity contribution in [2.45, 2.75) is 39.6 Å². The Bertz CT molecular complexity index is 1350. The Morgan fingerprint density at radius 1 is 0.825 bits per heavy atom. The number of nitriles is 1. The van der Waals surface area contributed by atoms with Gasteiger partial charge in [0.1, 0.15) is 46.2 Å². The fraction of sp³-hybridized carbons (Fsp3) is 0.321. The van der Waals surface area contributed by atoms with E-state index in [-0.39, 0.29) is 36.8 Å². The van der Waals surface area contributed by atoms with E-state index in [1.807, 2.05) is 20.8 Å². The Morgan fingerprint density at radius 2 is 1.32 bits per heavy atom. The molecule has 3 aromatic carbocycles. The van der Waals surface area contributed by atoms with Crippen LogP contribution in [-0.2, 0) is 22.0 Å². The SMILES string of the molecule is CC.CC1COC(c2cc(F)c(-c3cc(F)c(C(F)(F)Oc4cc(F)c(CC#N)c(F)c4)c(F)c3)c(F)c2)OC1. The fourth-order valence-electron chi connectivity index (χ4n) is 3.88. The largest absolute Gasteiger partial charge is 0.432 e. The molecule has 214 valence electrons. The maximum absolute atomic E-state index is 14.8. The van der Waals surface area contributed by atoms with Gasteiger partial charge in [-0.3, -0.25) is 0 Å². The van der Waals surface area contributed by atoms with E-state index in [9.17, 15) is 35.1 Å². The molecular weight excluding hydrogens is 550 g/mol. The van der Waals surface area contributed by atoms with Crippen LogP contribution in [0.4, 0.5) is 35.1 Å². The van der Waals surface area contributed by atoms with E-state index in [2.05, 4.69) is 4.74 Å². The summed E-state index contributed by atoms with van der Waals surface area (Å²) in [7, 11) is 0. The molecule has 0 aliphatic carbocycles. The third-order valence-corrected chi connectivity index (χ3v) is 5.64. The molecule has 40 heavy (non-hydrogen) atoms.